The summed E-state index contributed by atoms with van der Waals surface area (Å²) in [6.45, 7) is 1.82. The Morgan fingerprint density at radius 2 is 2.17 bits per heavy atom. The highest BCUT2D eigenvalue weighted by Gasteiger charge is 2.15. The molecular weight excluding hydrogens is 311 g/mol. The van der Waals surface area contributed by atoms with Crippen LogP contribution in [0.4, 0.5) is 4.39 Å². The summed E-state index contributed by atoms with van der Waals surface area (Å²) < 4.78 is 13.5. The van der Waals surface area contributed by atoms with Gasteiger partial charge in [-0.1, -0.05) is 0 Å². The molecule has 2 N–H and O–H groups in total. The normalized spacial score (nSPS) is 12.1. The molecule has 2 heterocycles. The number of rotatable bonds is 4. The Bertz CT molecular complexity index is 940. The van der Waals surface area contributed by atoms with E-state index in [1.54, 1.807) is 18.6 Å². The zero-order valence-corrected chi connectivity index (χ0v) is 12.9. The summed E-state index contributed by atoms with van der Waals surface area (Å²) in [5.41, 5.74) is 0.878. The molecule has 1 aromatic carbocycles. The summed E-state index contributed by atoms with van der Waals surface area (Å²) in [5, 5.41) is 3.16. The van der Waals surface area contributed by atoms with E-state index in [0.29, 0.717) is 17.3 Å². The van der Waals surface area contributed by atoms with Crippen molar-refractivity contribution in [1.29, 1.82) is 0 Å². The molecule has 122 valence electrons. The Balaban J connectivity index is 1.86. The number of nitrogens with one attached hydrogen (secondary N) is 2. The highest BCUT2D eigenvalue weighted by molar-refractivity contribution is 6.06. The number of nitrogens with zero attached hydrogens (tertiary/aromatic N) is 2. The smallest absolute Gasteiger partial charge is 0.252 e. The first-order chi connectivity index (χ1) is 11.5. The number of pyridine rings is 1. The molecule has 0 aliphatic carbocycles. The van der Waals surface area contributed by atoms with Gasteiger partial charge in [-0.3, -0.25) is 19.6 Å². The van der Waals surface area contributed by atoms with Gasteiger partial charge >= 0.3 is 0 Å². The minimum absolute atomic E-state index is 0.138. The summed E-state index contributed by atoms with van der Waals surface area (Å²) in [6.07, 6.45) is 5.27. The number of halogens is 1. The van der Waals surface area contributed by atoms with Crippen LogP contribution in [0.25, 0.3) is 10.9 Å². The highest BCUT2D eigenvalue weighted by Crippen LogP contribution is 2.16. The molecule has 1 amide bonds. The van der Waals surface area contributed by atoms with Gasteiger partial charge in [0.05, 0.1) is 11.3 Å². The number of H-pyrrole nitrogens is 1. The number of aromatic nitrogens is 3. The first-order valence-corrected chi connectivity index (χ1v) is 7.41. The third kappa shape index (κ3) is 3.45. The van der Waals surface area contributed by atoms with Crippen LogP contribution in [0.1, 0.15) is 23.0 Å². The van der Waals surface area contributed by atoms with Crippen molar-refractivity contribution in [3.63, 3.8) is 0 Å². The lowest BCUT2D eigenvalue weighted by molar-refractivity contribution is 0.0941. The number of hydrogen-bond acceptors (Lipinski definition) is 4. The van der Waals surface area contributed by atoms with Crippen molar-refractivity contribution in [2.24, 2.45) is 0 Å². The molecule has 24 heavy (non-hydrogen) atoms. The van der Waals surface area contributed by atoms with Crippen LogP contribution in [0.3, 0.4) is 0 Å². The topological polar surface area (TPSA) is 87.7 Å². The monoisotopic (exact) mass is 326 g/mol. The first kappa shape index (κ1) is 15.8. The number of carbonyl (C=O) groups is 1. The fourth-order valence-corrected chi connectivity index (χ4v) is 2.52. The number of aromatic amines is 1. The Morgan fingerprint density at radius 1 is 1.33 bits per heavy atom. The fourth-order valence-electron chi connectivity index (χ4n) is 2.52. The maximum absolute atomic E-state index is 13.5. The molecule has 0 aliphatic heterocycles. The standard InChI is InChI=1S/C17H15FN4O2/c1-10(6-12-9-19-4-5-20-12)21-17(24)14-8-16(23)22-15-3-2-11(18)7-13(14)15/h2-5,7-10H,6H2,1H3,(H,21,24)(H,22,23)/t10-/m0/s1. The van der Waals surface area contributed by atoms with Crippen LogP contribution in [0.2, 0.25) is 0 Å². The summed E-state index contributed by atoms with van der Waals surface area (Å²) in [4.78, 5) is 34.9. The molecule has 3 rings (SSSR count). The maximum atomic E-state index is 13.5. The summed E-state index contributed by atoms with van der Waals surface area (Å²) in [7, 11) is 0. The Hall–Kier alpha value is -3.09. The van der Waals surface area contributed by atoms with Crippen LogP contribution in [0.5, 0.6) is 0 Å². The average Bonchev–Trinajstić information content (AvgIpc) is 2.55. The predicted octanol–water partition coefficient (Wildman–Crippen LogP) is 1.82. The minimum Gasteiger partial charge on any atom is -0.349 e. The van der Waals surface area contributed by atoms with Gasteiger partial charge in [0.15, 0.2) is 0 Å². The Morgan fingerprint density at radius 3 is 2.92 bits per heavy atom. The van der Waals surface area contributed by atoms with E-state index in [-0.39, 0.29) is 11.6 Å². The lowest BCUT2D eigenvalue weighted by atomic mass is 10.1. The van der Waals surface area contributed by atoms with E-state index >= 15 is 0 Å². The van der Waals surface area contributed by atoms with Gasteiger partial charge in [0.1, 0.15) is 5.82 Å². The van der Waals surface area contributed by atoms with Crippen molar-refractivity contribution < 1.29 is 9.18 Å². The van der Waals surface area contributed by atoms with Crippen molar-refractivity contribution in [3.8, 4) is 0 Å². The quantitative estimate of drug-likeness (QED) is 0.765. The van der Waals surface area contributed by atoms with Crippen LogP contribution < -0.4 is 10.9 Å². The molecule has 0 spiro atoms. The van der Waals surface area contributed by atoms with E-state index in [4.69, 9.17) is 0 Å². The average molecular weight is 326 g/mol. The third-order valence-electron chi connectivity index (χ3n) is 3.56. The van der Waals surface area contributed by atoms with Gasteiger partial charge in [-0.25, -0.2) is 4.39 Å². The van der Waals surface area contributed by atoms with E-state index in [0.717, 1.165) is 5.69 Å². The summed E-state index contributed by atoms with van der Waals surface area (Å²) >= 11 is 0. The highest BCUT2D eigenvalue weighted by atomic mass is 19.1. The molecule has 0 bridgehead atoms. The van der Waals surface area contributed by atoms with Crippen LogP contribution in [-0.2, 0) is 6.42 Å². The second-order valence-corrected chi connectivity index (χ2v) is 5.51. The summed E-state index contributed by atoms with van der Waals surface area (Å²) in [5.74, 6) is -0.913. The molecule has 0 saturated carbocycles. The number of hydrogen-bond donors (Lipinski definition) is 2. The number of fused-ring (bicyclic) bond motifs is 1. The molecule has 0 aliphatic rings. The van der Waals surface area contributed by atoms with Crippen LogP contribution in [0.15, 0.2) is 47.7 Å². The Labute approximate surface area is 136 Å². The van der Waals surface area contributed by atoms with Gasteiger partial charge < -0.3 is 10.3 Å². The van der Waals surface area contributed by atoms with E-state index in [1.165, 1.54) is 24.3 Å². The van der Waals surface area contributed by atoms with Gasteiger partial charge in [-0.05, 0) is 25.1 Å². The van der Waals surface area contributed by atoms with Crippen molar-refractivity contribution in [2.75, 3.05) is 0 Å². The van der Waals surface area contributed by atoms with Gasteiger partial charge in [0, 0.05) is 48.0 Å². The second-order valence-electron chi connectivity index (χ2n) is 5.51. The molecule has 0 radical (unpaired) electrons. The zero-order chi connectivity index (χ0) is 17.1. The van der Waals surface area contributed by atoms with Gasteiger partial charge in [-0.2, -0.15) is 0 Å². The van der Waals surface area contributed by atoms with Crippen molar-refractivity contribution >= 4 is 16.8 Å². The second kappa shape index (κ2) is 6.57. The lowest BCUT2D eigenvalue weighted by Crippen LogP contribution is -2.35. The molecule has 0 saturated heterocycles. The fraction of sp³-hybridized carbons (Fsp3) is 0.176. The van der Waals surface area contributed by atoms with Crippen LogP contribution >= 0.6 is 0 Å². The van der Waals surface area contributed by atoms with Gasteiger partial charge in [-0.15, -0.1) is 0 Å². The van der Waals surface area contributed by atoms with Gasteiger partial charge in [0.25, 0.3) is 5.91 Å². The predicted molar refractivity (Wildman–Crippen MR) is 87.2 cm³/mol. The third-order valence-corrected chi connectivity index (χ3v) is 3.56. The van der Waals surface area contributed by atoms with E-state index in [9.17, 15) is 14.0 Å². The number of benzene rings is 1. The zero-order valence-electron chi connectivity index (χ0n) is 12.9. The van der Waals surface area contributed by atoms with Crippen LogP contribution in [0, 0.1) is 5.82 Å². The molecule has 0 unspecified atom stereocenters. The van der Waals surface area contributed by atoms with Crippen molar-refractivity contribution in [1.82, 2.24) is 20.3 Å². The minimum atomic E-state index is -0.476. The SMILES string of the molecule is C[C@@H](Cc1cnccn1)NC(=O)c1cc(=O)[nH]c2ccc(F)cc12. The molecular formula is C17H15FN4O2. The molecule has 1 atom stereocenters. The molecule has 2 aromatic heterocycles. The van der Waals surface area contributed by atoms with E-state index in [1.807, 2.05) is 6.92 Å². The lowest BCUT2D eigenvalue weighted by Gasteiger charge is -2.14. The van der Waals surface area contributed by atoms with Crippen molar-refractivity contribution in [2.45, 2.75) is 19.4 Å². The molecule has 3 aromatic rings. The molecule has 6 nitrogen and oxygen atoms in total. The first-order valence-electron chi connectivity index (χ1n) is 7.41. The Kier molecular flexibility index (Phi) is 4.33. The molecule has 7 heteroatoms. The largest absolute Gasteiger partial charge is 0.349 e. The van der Waals surface area contributed by atoms with Gasteiger partial charge in [0.2, 0.25) is 5.56 Å². The maximum Gasteiger partial charge on any atom is 0.252 e. The van der Waals surface area contributed by atoms with Crippen molar-refractivity contribution in [3.05, 3.63) is 70.3 Å². The van der Waals surface area contributed by atoms with E-state index < -0.39 is 17.3 Å². The van der Waals surface area contributed by atoms with E-state index in [2.05, 4.69) is 20.3 Å². The number of amides is 1. The van der Waals surface area contributed by atoms with Crippen LogP contribution in [-0.4, -0.2) is 26.9 Å². The molecule has 0 fully saturated rings. The summed E-state index contributed by atoms with van der Waals surface area (Å²) in [6, 6.07) is 4.85. The number of carbonyl (C=O) groups excluding carboxylic acids is 1.